The number of hydrogen-bond donors (Lipinski definition) is 1. The zero-order valence-electron chi connectivity index (χ0n) is 12.2. The van der Waals surface area contributed by atoms with E-state index in [4.69, 9.17) is 5.73 Å². The number of para-hydroxylation sites is 1. The van der Waals surface area contributed by atoms with E-state index >= 15 is 0 Å². The second-order valence-electron chi connectivity index (χ2n) is 4.95. The highest BCUT2D eigenvalue weighted by Crippen LogP contribution is 2.20. The van der Waals surface area contributed by atoms with Gasteiger partial charge in [-0.05, 0) is 18.1 Å². The first-order chi connectivity index (χ1) is 9.20. The molecule has 0 aliphatic rings. The van der Waals surface area contributed by atoms with Crippen LogP contribution >= 0.6 is 0 Å². The number of nitrogens with zero attached hydrogens (tertiary/aromatic N) is 1. The highest BCUT2D eigenvalue weighted by Gasteiger charge is 2.12. The van der Waals surface area contributed by atoms with Crippen LogP contribution in [0.25, 0.3) is 0 Å². The van der Waals surface area contributed by atoms with Crippen molar-refractivity contribution < 1.29 is 4.79 Å². The minimum Gasteiger partial charge on any atom is -0.326 e. The van der Waals surface area contributed by atoms with Crippen LogP contribution in [0.5, 0.6) is 0 Å². The lowest BCUT2D eigenvalue weighted by atomic mass is 10.1. The number of nitrogens with two attached hydrogens (primary N) is 1. The Morgan fingerprint density at radius 2 is 1.84 bits per heavy atom. The lowest BCUT2D eigenvalue weighted by Crippen LogP contribution is -2.27. The monoisotopic (exact) mass is 262 g/mol. The quantitative estimate of drug-likeness (QED) is 0.729. The molecule has 0 aliphatic carbocycles. The third-order valence-electron chi connectivity index (χ3n) is 3.44. The lowest BCUT2D eigenvalue weighted by molar-refractivity contribution is -0.118. The molecule has 0 fully saturated rings. The normalized spacial score (nSPS) is 10.5. The number of amides is 1. The van der Waals surface area contributed by atoms with Gasteiger partial charge in [0, 0.05) is 25.7 Å². The largest absolute Gasteiger partial charge is 0.326 e. The molecular formula is C16H26N2O. The molecule has 0 aromatic heterocycles. The fourth-order valence-corrected chi connectivity index (χ4v) is 2.19. The van der Waals surface area contributed by atoms with E-state index in [1.807, 2.05) is 31.3 Å². The van der Waals surface area contributed by atoms with Gasteiger partial charge in [0.2, 0.25) is 5.91 Å². The van der Waals surface area contributed by atoms with Gasteiger partial charge in [-0.15, -0.1) is 0 Å². The van der Waals surface area contributed by atoms with Crippen molar-refractivity contribution in [3.63, 3.8) is 0 Å². The molecule has 0 spiro atoms. The van der Waals surface area contributed by atoms with Crippen LogP contribution < -0.4 is 10.6 Å². The SMILES string of the molecule is CCCCCCCC(=O)N(C)c1ccccc1CN. The Labute approximate surface area is 116 Å². The van der Waals surface area contributed by atoms with Gasteiger partial charge in [0.15, 0.2) is 0 Å². The van der Waals surface area contributed by atoms with Crippen molar-refractivity contribution >= 4 is 11.6 Å². The van der Waals surface area contributed by atoms with Crippen LogP contribution in [0, 0.1) is 0 Å². The minimum atomic E-state index is 0.178. The molecule has 2 N–H and O–H groups in total. The lowest BCUT2D eigenvalue weighted by Gasteiger charge is -2.20. The predicted molar refractivity (Wildman–Crippen MR) is 81.1 cm³/mol. The van der Waals surface area contributed by atoms with Crippen LogP contribution in [0.4, 0.5) is 5.69 Å². The minimum absolute atomic E-state index is 0.178. The number of carbonyl (C=O) groups is 1. The topological polar surface area (TPSA) is 46.3 Å². The molecule has 0 aliphatic heterocycles. The molecule has 0 heterocycles. The zero-order valence-corrected chi connectivity index (χ0v) is 12.2. The van der Waals surface area contributed by atoms with Crippen molar-refractivity contribution in [3.05, 3.63) is 29.8 Å². The number of hydrogen-bond acceptors (Lipinski definition) is 2. The van der Waals surface area contributed by atoms with Gasteiger partial charge in [-0.25, -0.2) is 0 Å². The summed E-state index contributed by atoms with van der Waals surface area (Å²) >= 11 is 0. The molecule has 0 saturated heterocycles. The maximum atomic E-state index is 12.1. The Kier molecular flexibility index (Phi) is 7.19. The summed E-state index contributed by atoms with van der Waals surface area (Å²) < 4.78 is 0. The van der Waals surface area contributed by atoms with E-state index < -0.39 is 0 Å². The molecule has 106 valence electrons. The Morgan fingerprint density at radius 3 is 2.53 bits per heavy atom. The van der Waals surface area contributed by atoms with E-state index in [0.29, 0.717) is 13.0 Å². The number of benzene rings is 1. The van der Waals surface area contributed by atoms with Crippen LogP contribution in [-0.2, 0) is 11.3 Å². The van der Waals surface area contributed by atoms with Crippen LogP contribution in [-0.4, -0.2) is 13.0 Å². The van der Waals surface area contributed by atoms with Crippen LogP contribution in [0.15, 0.2) is 24.3 Å². The molecule has 3 nitrogen and oxygen atoms in total. The van der Waals surface area contributed by atoms with Crippen molar-refractivity contribution in [2.24, 2.45) is 5.73 Å². The third kappa shape index (κ3) is 5.03. The maximum absolute atomic E-state index is 12.1. The molecule has 0 saturated carbocycles. The van der Waals surface area contributed by atoms with Gasteiger partial charge in [-0.3, -0.25) is 4.79 Å². The average molecular weight is 262 g/mol. The molecule has 0 bridgehead atoms. The molecule has 3 heteroatoms. The summed E-state index contributed by atoms with van der Waals surface area (Å²) in [5.41, 5.74) is 7.66. The van der Waals surface area contributed by atoms with Crippen LogP contribution in [0.1, 0.15) is 51.0 Å². The molecule has 0 radical (unpaired) electrons. The molecule has 0 atom stereocenters. The van der Waals surface area contributed by atoms with Crippen molar-refractivity contribution in [2.75, 3.05) is 11.9 Å². The van der Waals surface area contributed by atoms with E-state index in [9.17, 15) is 4.79 Å². The van der Waals surface area contributed by atoms with E-state index in [1.165, 1.54) is 19.3 Å². The van der Waals surface area contributed by atoms with Crippen molar-refractivity contribution in [3.8, 4) is 0 Å². The first-order valence-corrected chi connectivity index (χ1v) is 7.25. The van der Waals surface area contributed by atoms with Crippen molar-refractivity contribution in [1.29, 1.82) is 0 Å². The Bertz CT molecular complexity index is 390. The second kappa shape index (κ2) is 8.70. The Balaban J connectivity index is 2.47. The summed E-state index contributed by atoms with van der Waals surface area (Å²) in [4.78, 5) is 13.9. The fraction of sp³-hybridized carbons (Fsp3) is 0.562. The second-order valence-corrected chi connectivity index (χ2v) is 4.95. The summed E-state index contributed by atoms with van der Waals surface area (Å²) in [5.74, 6) is 0.178. The average Bonchev–Trinajstić information content (AvgIpc) is 2.46. The van der Waals surface area contributed by atoms with Gasteiger partial charge in [0.25, 0.3) is 0 Å². The third-order valence-corrected chi connectivity index (χ3v) is 3.44. The van der Waals surface area contributed by atoms with Gasteiger partial charge in [-0.2, -0.15) is 0 Å². The van der Waals surface area contributed by atoms with Crippen LogP contribution in [0.2, 0.25) is 0 Å². The summed E-state index contributed by atoms with van der Waals surface area (Å²) in [5, 5.41) is 0. The molecule has 1 amide bonds. The molecule has 19 heavy (non-hydrogen) atoms. The summed E-state index contributed by atoms with van der Waals surface area (Å²) in [6, 6.07) is 7.83. The Hall–Kier alpha value is -1.35. The number of rotatable bonds is 8. The molecule has 0 unspecified atom stereocenters. The first kappa shape index (κ1) is 15.7. The molecule has 1 aromatic carbocycles. The summed E-state index contributed by atoms with van der Waals surface area (Å²) in [6.07, 6.45) is 6.48. The van der Waals surface area contributed by atoms with E-state index in [0.717, 1.165) is 24.1 Å². The van der Waals surface area contributed by atoms with Gasteiger partial charge in [-0.1, -0.05) is 50.8 Å². The summed E-state index contributed by atoms with van der Waals surface area (Å²) in [7, 11) is 1.84. The smallest absolute Gasteiger partial charge is 0.226 e. The van der Waals surface area contributed by atoms with Gasteiger partial charge < -0.3 is 10.6 Å². The molecule has 1 rings (SSSR count). The molecule has 1 aromatic rings. The predicted octanol–water partition coefficient (Wildman–Crippen LogP) is 3.47. The zero-order chi connectivity index (χ0) is 14.1. The Morgan fingerprint density at radius 1 is 1.16 bits per heavy atom. The van der Waals surface area contributed by atoms with Crippen molar-refractivity contribution in [2.45, 2.75) is 52.0 Å². The standard InChI is InChI=1S/C16H26N2O/c1-3-4-5-6-7-12-16(19)18(2)15-11-9-8-10-14(15)13-17/h8-11H,3-7,12-13,17H2,1-2H3. The number of carbonyl (C=O) groups excluding carboxylic acids is 1. The highest BCUT2D eigenvalue weighted by atomic mass is 16.2. The molecular weight excluding hydrogens is 236 g/mol. The van der Waals surface area contributed by atoms with Gasteiger partial charge in [0.1, 0.15) is 0 Å². The van der Waals surface area contributed by atoms with Crippen LogP contribution in [0.3, 0.4) is 0 Å². The van der Waals surface area contributed by atoms with E-state index in [2.05, 4.69) is 6.92 Å². The number of unbranched alkanes of at least 4 members (excludes halogenated alkanes) is 4. The van der Waals surface area contributed by atoms with E-state index in [-0.39, 0.29) is 5.91 Å². The first-order valence-electron chi connectivity index (χ1n) is 7.25. The summed E-state index contributed by atoms with van der Waals surface area (Å²) in [6.45, 7) is 2.66. The fourth-order valence-electron chi connectivity index (χ4n) is 2.19. The van der Waals surface area contributed by atoms with Gasteiger partial charge >= 0.3 is 0 Å². The highest BCUT2D eigenvalue weighted by molar-refractivity contribution is 5.93. The van der Waals surface area contributed by atoms with E-state index in [1.54, 1.807) is 4.90 Å². The van der Waals surface area contributed by atoms with Gasteiger partial charge in [0.05, 0.1) is 0 Å². The number of anilines is 1. The maximum Gasteiger partial charge on any atom is 0.226 e. The van der Waals surface area contributed by atoms with Crippen molar-refractivity contribution in [1.82, 2.24) is 0 Å².